The zero-order valence-corrected chi connectivity index (χ0v) is 20.9. The maximum Gasteiger partial charge on any atom is 0.263 e. The average molecular weight is 525 g/mol. The summed E-state index contributed by atoms with van der Waals surface area (Å²) in [4.78, 5) is 25.9. The number of hydrogen-bond donors (Lipinski definition) is 2. The van der Waals surface area contributed by atoms with Gasteiger partial charge in [-0.15, -0.1) is 5.10 Å². The number of pyridine rings is 1. The van der Waals surface area contributed by atoms with Crippen LogP contribution in [-0.4, -0.2) is 60.6 Å². The van der Waals surface area contributed by atoms with Crippen LogP contribution in [0.1, 0.15) is 40.7 Å². The van der Waals surface area contributed by atoms with Crippen molar-refractivity contribution in [3.8, 4) is 11.9 Å². The summed E-state index contributed by atoms with van der Waals surface area (Å²) in [6.07, 6.45) is 3.89. The Bertz CT molecular complexity index is 1470. The normalized spacial score (nSPS) is 18.5. The number of aliphatic hydroxyl groups excluding tert-OH is 1. The number of nitrogens with one attached hydrogen (secondary N) is 1. The first-order valence-electron chi connectivity index (χ1n) is 11.9. The number of aromatic nitrogens is 3. The molecule has 1 aromatic carbocycles. The maximum atomic E-state index is 13.9. The number of amides is 1. The number of nitriles is 1. The largest absolute Gasteiger partial charge is 0.474 e. The summed E-state index contributed by atoms with van der Waals surface area (Å²) in [5.74, 6) is -1.08. The van der Waals surface area contributed by atoms with Crippen LogP contribution >= 0.6 is 11.9 Å². The first-order chi connectivity index (χ1) is 17.8. The van der Waals surface area contributed by atoms with Gasteiger partial charge in [-0.2, -0.15) is 10.4 Å². The highest BCUT2D eigenvalue weighted by atomic mass is 32.2. The van der Waals surface area contributed by atoms with Crippen LogP contribution in [0.2, 0.25) is 0 Å². The van der Waals surface area contributed by atoms with Crippen LogP contribution in [0.5, 0.6) is 5.88 Å². The van der Waals surface area contributed by atoms with Gasteiger partial charge in [0.25, 0.3) is 17.3 Å². The smallest absolute Gasteiger partial charge is 0.263 e. The zero-order chi connectivity index (χ0) is 26.2. The number of aliphatic hydroxyl groups is 1. The van der Waals surface area contributed by atoms with E-state index in [1.54, 1.807) is 25.1 Å². The van der Waals surface area contributed by atoms with E-state index in [1.165, 1.54) is 35.0 Å². The van der Waals surface area contributed by atoms with Crippen molar-refractivity contribution in [3.05, 3.63) is 63.3 Å². The first-order valence-corrected chi connectivity index (χ1v) is 12.6. The van der Waals surface area contributed by atoms with Crippen molar-refractivity contribution < 1.29 is 19.0 Å². The van der Waals surface area contributed by atoms with Gasteiger partial charge in [-0.25, -0.2) is 8.70 Å². The number of halogens is 1. The van der Waals surface area contributed by atoms with E-state index in [9.17, 15) is 19.1 Å². The molecule has 2 N–H and O–H groups in total. The van der Waals surface area contributed by atoms with Gasteiger partial charge in [-0.3, -0.25) is 9.59 Å². The Morgan fingerprint density at radius 1 is 1.41 bits per heavy atom. The van der Waals surface area contributed by atoms with E-state index in [-0.39, 0.29) is 34.4 Å². The van der Waals surface area contributed by atoms with Gasteiger partial charge in [-0.1, -0.05) is 18.0 Å². The molecule has 3 aromatic rings. The van der Waals surface area contributed by atoms with Crippen LogP contribution in [-0.2, 0) is 13.6 Å². The summed E-state index contributed by atoms with van der Waals surface area (Å²) < 4.78 is 23.3. The third kappa shape index (κ3) is 5.29. The van der Waals surface area contributed by atoms with Crippen molar-refractivity contribution in [1.82, 2.24) is 24.4 Å². The summed E-state index contributed by atoms with van der Waals surface area (Å²) in [5, 5.41) is 29.9. The van der Waals surface area contributed by atoms with E-state index in [0.717, 1.165) is 25.8 Å². The van der Waals surface area contributed by atoms with Gasteiger partial charge < -0.3 is 19.7 Å². The molecule has 192 valence electrons. The molecule has 37 heavy (non-hydrogen) atoms. The fourth-order valence-corrected chi connectivity index (χ4v) is 5.67. The van der Waals surface area contributed by atoms with E-state index in [2.05, 4.69) is 19.8 Å². The number of nitrogens with zero attached hydrogens (tertiary/aromatic N) is 5. The molecule has 1 saturated carbocycles. The van der Waals surface area contributed by atoms with Crippen molar-refractivity contribution in [2.24, 2.45) is 7.05 Å². The van der Waals surface area contributed by atoms with Gasteiger partial charge in [0.05, 0.1) is 22.6 Å². The second kappa shape index (κ2) is 10.1. The molecular formula is C25H25FN6O4S. The second-order valence-electron chi connectivity index (χ2n) is 9.38. The van der Waals surface area contributed by atoms with Gasteiger partial charge >= 0.3 is 0 Å². The monoisotopic (exact) mass is 524 g/mol. The molecule has 0 spiro atoms. The van der Waals surface area contributed by atoms with Crippen molar-refractivity contribution in [2.45, 2.75) is 36.7 Å². The topological polar surface area (TPSA) is 133 Å². The summed E-state index contributed by atoms with van der Waals surface area (Å²) in [6.45, 7) is 1.84. The number of carbonyl (C=O) groups excluding carboxylic acids is 1. The fraction of sp³-hybridized carbons (Fsp3) is 0.400. The molecule has 1 saturated heterocycles. The minimum Gasteiger partial charge on any atom is -0.474 e. The molecule has 1 aliphatic carbocycles. The predicted molar refractivity (Wildman–Crippen MR) is 134 cm³/mol. The maximum absolute atomic E-state index is 13.9. The van der Waals surface area contributed by atoms with Gasteiger partial charge in [0, 0.05) is 32.1 Å². The molecule has 1 unspecified atom stereocenters. The molecule has 1 aliphatic heterocycles. The highest BCUT2D eigenvalue weighted by molar-refractivity contribution is 7.98. The Morgan fingerprint density at radius 2 is 2.22 bits per heavy atom. The van der Waals surface area contributed by atoms with Crippen LogP contribution in [0.3, 0.4) is 0 Å². The number of fused-ring (bicyclic) bond motifs is 1. The molecule has 10 nitrogen and oxygen atoms in total. The van der Waals surface area contributed by atoms with Crippen LogP contribution in [0.4, 0.5) is 4.39 Å². The van der Waals surface area contributed by atoms with E-state index in [4.69, 9.17) is 10.00 Å². The third-order valence-corrected chi connectivity index (χ3v) is 8.08. The van der Waals surface area contributed by atoms with Crippen LogP contribution in [0.25, 0.3) is 10.9 Å². The highest BCUT2D eigenvalue weighted by Crippen LogP contribution is 2.50. The molecule has 2 fully saturated rings. The molecular weight excluding hydrogens is 499 g/mol. The van der Waals surface area contributed by atoms with Gasteiger partial charge in [0.1, 0.15) is 29.6 Å². The third-order valence-electron chi connectivity index (χ3n) is 6.57. The Morgan fingerprint density at radius 3 is 2.89 bits per heavy atom. The molecule has 0 bridgehead atoms. The van der Waals surface area contributed by atoms with Crippen molar-refractivity contribution in [1.29, 1.82) is 5.26 Å². The molecule has 0 radical (unpaired) electrons. The Hall–Kier alpha value is -3.53. The molecule has 2 aliphatic rings. The van der Waals surface area contributed by atoms with E-state index in [0.29, 0.717) is 29.6 Å². The number of benzene rings is 1. The summed E-state index contributed by atoms with van der Waals surface area (Å²) in [5.41, 5.74) is 0.182. The summed E-state index contributed by atoms with van der Waals surface area (Å²) in [7, 11) is 1.54. The molecule has 3 heterocycles. The van der Waals surface area contributed by atoms with Gasteiger partial charge in [-0.05, 0) is 43.0 Å². The molecule has 1 amide bonds. The lowest BCUT2D eigenvalue weighted by Crippen LogP contribution is -2.32. The second-order valence-corrected chi connectivity index (χ2v) is 10.9. The van der Waals surface area contributed by atoms with Crippen LogP contribution in [0, 0.1) is 17.1 Å². The standard InChI is InChI=1S/C25H25FN6O4S/c1-31-21-17(9-19(24(31)35)22(34)28-11-15-2-3-16(10-27)20(26)8-15)12-29-30-23(21)36-14-25(5-6-25)37-32-7-4-18(33)13-32/h2-3,8-9,12,18,33H,4-7,11,13-14H2,1H3,(H,28,34). The lowest BCUT2D eigenvalue weighted by molar-refractivity contribution is 0.0949. The Labute approximate surface area is 216 Å². The number of aryl methyl sites for hydroxylation is 1. The number of rotatable bonds is 8. The zero-order valence-electron chi connectivity index (χ0n) is 20.1. The first kappa shape index (κ1) is 25.1. The minimum atomic E-state index is -0.675. The van der Waals surface area contributed by atoms with E-state index in [1.807, 2.05) is 0 Å². The minimum absolute atomic E-state index is 0.0145. The van der Waals surface area contributed by atoms with Gasteiger partial charge in [0.15, 0.2) is 0 Å². The SMILES string of the molecule is Cn1c(=O)c(C(=O)NCc2ccc(C#N)c(F)c2)cc2cnnc(OCC3(SN4CCC(O)C4)CC3)c21. The van der Waals surface area contributed by atoms with Crippen molar-refractivity contribution >= 4 is 28.8 Å². The molecule has 12 heteroatoms. The van der Waals surface area contributed by atoms with Crippen molar-refractivity contribution in [2.75, 3.05) is 19.7 Å². The fourth-order valence-electron chi connectivity index (χ4n) is 4.28. The van der Waals surface area contributed by atoms with E-state index >= 15 is 0 Å². The number of ether oxygens (including phenoxy) is 1. The Kier molecular flexibility index (Phi) is 6.85. The lowest BCUT2D eigenvalue weighted by atomic mass is 10.1. The molecule has 5 rings (SSSR count). The molecule has 1 atom stereocenters. The van der Waals surface area contributed by atoms with Crippen LogP contribution < -0.4 is 15.6 Å². The quantitative estimate of drug-likeness (QED) is 0.424. The highest BCUT2D eigenvalue weighted by Gasteiger charge is 2.47. The lowest BCUT2D eigenvalue weighted by Gasteiger charge is -2.22. The predicted octanol–water partition coefficient (Wildman–Crippen LogP) is 1.90. The molecule has 2 aromatic heterocycles. The van der Waals surface area contributed by atoms with Crippen molar-refractivity contribution in [3.63, 3.8) is 0 Å². The average Bonchev–Trinajstić information content (AvgIpc) is 3.53. The van der Waals surface area contributed by atoms with E-state index < -0.39 is 17.3 Å². The summed E-state index contributed by atoms with van der Waals surface area (Å²) >= 11 is 1.71. The number of carbonyl (C=O) groups is 1. The Balaban J connectivity index is 1.31. The van der Waals surface area contributed by atoms with Gasteiger partial charge in [0.2, 0.25) is 0 Å². The number of hydrogen-bond acceptors (Lipinski definition) is 9. The summed E-state index contributed by atoms with van der Waals surface area (Å²) in [6, 6.07) is 7.24. The number of β-amino-alcohol motifs (C(OH)–C–C–N with tert-alkyl or cyclic N) is 1. The van der Waals surface area contributed by atoms with Crippen LogP contribution in [0.15, 0.2) is 35.3 Å².